The van der Waals surface area contributed by atoms with Gasteiger partial charge in [-0.2, -0.15) is 0 Å². The molecule has 0 aliphatic carbocycles. The molecule has 0 aromatic rings. The summed E-state index contributed by atoms with van der Waals surface area (Å²) < 4.78 is 14.4. The molecule has 0 aliphatic heterocycles. The summed E-state index contributed by atoms with van der Waals surface area (Å²) in [5.74, 6) is -0.254. The maximum absolute atomic E-state index is 10.5. The third-order valence-electron chi connectivity index (χ3n) is 1.15. The minimum absolute atomic E-state index is 0.461. The molecule has 12 heavy (non-hydrogen) atoms. The molecule has 0 spiro atoms. The van der Waals surface area contributed by atoms with E-state index in [4.69, 9.17) is 5.11 Å². The third-order valence-corrected chi connectivity index (χ3v) is 2.22. The van der Waals surface area contributed by atoms with Gasteiger partial charge in [0.25, 0.3) is 0 Å². The first-order valence-corrected chi connectivity index (χ1v) is 6.33. The molecular formula is C5H10GeNO4S. The van der Waals surface area contributed by atoms with Crippen LogP contribution < -0.4 is 5.48 Å². The van der Waals surface area contributed by atoms with Gasteiger partial charge < -0.3 is 0 Å². The summed E-state index contributed by atoms with van der Waals surface area (Å²) in [6.07, 6.45) is 2.35. The van der Waals surface area contributed by atoms with Crippen molar-refractivity contribution in [2.45, 2.75) is 12.5 Å². The molecule has 0 rings (SSSR count). The van der Waals surface area contributed by atoms with Crippen molar-refractivity contribution in [1.29, 1.82) is 0 Å². The molecule has 0 fully saturated rings. The molecule has 69 valence electrons. The van der Waals surface area contributed by atoms with Crippen LogP contribution in [0, 0.1) is 0 Å². The Morgan fingerprint density at radius 2 is 2.50 bits per heavy atom. The molecule has 1 atom stereocenters. The van der Waals surface area contributed by atoms with Crippen molar-refractivity contribution in [1.82, 2.24) is 5.48 Å². The maximum atomic E-state index is 10.5. The first-order valence-electron chi connectivity index (χ1n) is 3.22. The van der Waals surface area contributed by atoms with Gasteiger partial charge in [-0.25, -0.2) is 0 Å². The Kier molecular flexibility index (Phi) is 7.52. The van der Waals surface area contributed by atoms with Crippen LogP contribution >= 0.6 is 11.8 Å². The van der Waals surface area contributed by atoms with Crippen molar-refractivity contribution in [3.8, 4) is 0 Å². The number of hydrogen-bond acceptors (Lipinski definition) is 5. The number of carboxylic acids is 1. The van der Waals surface area contributed by atoms with Gasteiger partial charge in [0.05, 0.1) is 0 Å². The summed E-state index contributed by atoms with van der Waals surface area (Å²) in [4.78, 5) is 10.5. The zero-order valence-electron chi connectivity index (χ0n) is 6.57. The summed E-state index contributed by atoms with van der Waals surface area (Å²) in [5, 5.41) is 8.59. The quantitative estimate of drug-likeness (QED) is 0.478. The second-order valence-corrected chi connectivity index (χ2v) is 3.74. The normalized spacial score (nSPS) is 12.1. The molecule has 7 heteroatoms. The van der Waals surface area contributed by atoms with E-state index in [1.54, 1.807) is 11.8 Å². The van der Waals surface area contributed by atoms with Gasteiger partial charge in [-0.05, 0) is 0 Å². The number of thioether (sulfide) groups is 1. The fraction of sp³-hybridized carbons (Fsp3) is 0.800. The molecule has 0 saturated carbocycles. The van der Waals surface area contributed by atoms with Crippen LogP contribution in [0.15, 0.2) is 0 Å². The van der Waals surface area contributed by atoms with Gasteiger partial charge in [-0.15, -0.1) is 0 Å². The second-order valence-electron chi connectivity index (χ2n) is 1.98. The van der Waals surface area contributed by atoms with Crippen molar-refractivity contribution >= 4 is 33.4 Å². The van der Waals surface area contributed by atoms with Gasteiger partial charge >= 0.3 is 80.9 Å². The van der Waals surface area contributed by atoms with Crippen LogP contribution in [-0.2, 0) is 12.4 Å². The first kappa shape index (κ1) is 11.9. The van der Waals surface area contributed by atoms with Gasteiger partial charge in [0, 0.05) is 0 Å². The number of carbonyl (C=O) groups is 1. The van der Waals surface area contributed by atoms with Gasteiger partial charge in [0.15, 0.2) is 0 Å². The molecule has 0 aromatic heterocycles. The van der Waals surface area contributed by atoms with E-state index in [0.717, 1.165) is 5.75 Å². The van der Waals surface area contributed by atoms with Crippen molar-refractivity contribution in [3.63, 3.8) is 0 Å². The Bertz CT molecular complexity index is 156. The van der Waals surface area contributed by atoms with Crippen molar-refractivity contribution in [2.75, 3.05) is 12.0 Å². The van der Waals surface area contributed by atoms with Gasteiger partial charge in [-0.1, -0.05) is 0 Å². The van der Waals surface area contributed by atoms with Gasteiger partial charge in [0.1, 0.15) is 0 Å². The first-order chi connectivity index (χ1) is 5.72. The number of rotatable bonds is 7. The van der Waals surface area contributed by atoms with E-state index in [1.165, 1.54) is 0 Å². The predicted octanol–water partition coefficient (Wildman–Crippen LogP) is -0.321. The van der Waals surface area contributed by atoms with E-state index in [9.17, 15) is 8.57 Å². The second kappa shape index (κ2) is 7.57. The number of carboxylic acid groups (broad SMARTS) is 1. The van der Waals surface area contributed by atoms with Crippen molar-refractivity contribution in [2.24, 2.45) is 0 Å². The Hall–Kier alpha value is -0.0771. The molecule has 0 bridgehead atoms. The van der Waals surface area contributed by atoms with Crippen LogP contribution in [0.2, 0.25) is 0 Å². The summed E-state index contributed by atoms with van der Waals surface area (Å²) in [5.41, 5.74) is 2.23. The zero-order valence-corrected chi connectivity index (χ0v) is 9.49. The van der Waals surface area contributed by atoms with Crippen LogP contribution in [0.1, 0.15) is 6.42 Å². The minimum atomic E-state index is -1.71. The van der Waals surface area contributed by atoms with Crippen LogP contribution in [0.4, 0.5) is 0 Å². The van der Waals surface area contributed by atoms with E-state index < -0.39 is 27.7 Å². The van der Waals surface area contributed by atoms with E-state index in [1.807, 2.05) is 6.26 Å². The number of nitrogens with one attached hydrogen (secondary N) is 1. The standard InChI is InChI=1S/C5H10GeNO4S/c1-12-3-2-4(5(8)9)7-11-6-10/h4,7H,2-3H2,1H3,(H,8,9)/t4-/m0/s1. The van der Waals surface area contributed by atoms with Gasteiger partial charge in [0.2, 0.25) is 0 Å². The van der Waals surface area contributed by atoms with Crippen LogP contribution in [0.5, 0.6) is 0 Å². The van der Waals surface area contributed by atoms with Crippen LogP contribution in [-0.4, -0.2) is 44.8 Å². The van der Waals surface area contributed by atoms with Crippen molar-refractivity contribution in [3.05, 3.63) is 0 Å². The number of hydroxylamine groups is 1. The van der Waals surface area contributed by atoms with Gasteiger partial charge in [-0.3, -0.25) is 0 Å². The zero-order chi connectivity index (χ0) is 9.40. The Morgan fingerprint density at radius 3 is 2.92 bits per heavy atom. The van der Waals surface area contributed by atoms with E-state index in [2.05, 4.69) is 9.34 Å². The molecule has 5 nitrogen and oxygen atoms in total. The summed E-state index contributed by atoms with van der Waals surface area (Å²) in [7, 11) is 0. The average molecular weight is 253 g/mol. The number of aliphatic carboxylic acids is 1. The molecule has 0 amide bonds. The molecule has 1 radical (unpaired) electrons. The fourth-order valence-corrected chi connectivity index (χ4v) is 1.43. The van der Waals surface area contributed by atoms with Crippen LogP contribution in [0.25, 0.3) is 0 Å². The molecule has 0 heterocycles. The average Bonchev–Trinajstić information content (AvgIpc) is 2.04. The van der Waals surface area contributed by atoms with Crippen LogP contribution in [0.3, 0.4) is 0 Å². The Morgan fingerprint density at radius 1 is 1.83 bits per heavy atom. The Balaban J connectivity index is 3.69. The fourth-order valence-electron chi connectivity index (χ4n) is 0.564. The van der Waals surface area contributed by atoms with E-state index in [-0.39, 0.29) is 0 Å². The van der Waals surface area contributed by atoms with Crippen molar-refractivity contribution < 1.29 is 17.5 Å². The van der Waals surface area contributed by atoms with E-state index >= 15 is 0 Å². The molecule has 2 N–H and O–H groups in total. The van der Waals surface area contributed by atoms with E-state index in [0.29, 0.717) is 6.42 Å². The predicted molar refractivity (Wildman–Crippen MR) is 45.1 cm³/mol. The number of hydrogen-bond donors (Lipinski definition) is 2. The topological polar surface area (TPSA) is 75.6 Å². The molecule has 0 aliphatic rings. The molecular weight excluding hydrogens is 243 g/mol. The summed E-state index contributed by atoms with van der Waals surface area (Å²) in [6, 6.07) is -0.754. The molecule has 0 unspecified atom stereocenters. The summed E-state index contributed by atoms with van der Waals surface area (Å²) in [6.45, 7) is 0. The summed E-state index contributed by atoms with van der Waals surface area (Å²) >= 11 is -0.157. The monoisotopic (exact) mass is 254 g/mol. The SMILES string of the molecule is CSCC[C@H](N[O][Ge]=[O])C(=O)O. The molecule has 0 saturated heterocycles. The Labute approximate surface area is 81.2 Å². The third kappa shape index (κ3) is 5.56. The molecule has 0 aromatic carbocycles.